The number of benzene rings is 1. The molecule has 0 aliphatic carbocycles. The summed E-state index contributed by atoms with van der Waals surface area (Å²) in [6, 6.07) is 19.6. The van der Waals surface area contributed by atoms with Crippen LogP contribution in [0.25, 0.3) is 22.6 Å². The standard InChI is InChI=1S/C25H20F2N3.Pt/c1-16-21(26)23(30-24(22(16)27)19-11-4-6-13-28-19)17-9-8-10-18(15-17)25(2,3)20-12-5-7-14-29-20;/h4-14H,1-3H3;/q-1;. The van der Waals surface area contributed by atoms with E-state index in [-0.39, 0.29) is 38.0 Å². The van der Waals surface area contributed by atoms with Gasteiger partial charge in [-0.3, -0.25) is 15.0 Å². The molecular formula is C25H20F2N3Pt-. The largest absolute Gasteiger partial charge is 0.289 e. The molecule has 0 atom stereocenters. The van der Waals surface area contributed by atoms with Gasteiger partial charge in [-0.2, -0.15) is 0 Å². The smallest absolute Gasteiger partial charge is 0.155 e. The van der Waals surface area contributed by atoms with Crippen LogP contribution >= 0.6 is 0 Å². The molecular weight excluding hydrogens is 575 g/mol. The third-order valence-corrected chi connectivity index (χ3v) is 5.23. The molecule has 4 rings (SSSR count). The minimum atomic E-state index is -0.708. The van der Waals surface area contributed by atoms with Crippen molar-refractivity contribution in [2.24, 2.45) is 0 Å². The fourth-order valence-electron chi connectivity index (χ4n) is 3.35. The number of nitrogens with zero attached hydrogens (tertiary/aromatic N) is 3. The van der Waals surface area contributed by atoms with E-state index in [0.717, 1.165) is 11.3 Å². The Morgan fingerprint density at radius 1 is 0.806 bits per heavy atom. The second-order valence-electron chi connectivity index (χ2n) is 7.60. The average Bonchev–Trinajstić information content (AvgIpc) is 2.79. The van der Waals surface area contributed by atoms with E-state index in [2.05, 4.69) is 21.0 Å². The molecule has 1 aromatic carbocycles. The van der Waals surface area contributed by atoms with Gasteiger partial charge in [0, 0.05) is 55.8 Å². The number of aromatic nitrogens is 3. The molecule has 4 aromatic rings. The fraction of sp³-hybridized carbons (Fsp3) is 0.160. The number of halogens is 2. The number of pyridine rings is 3. The first-order valence-corrected chi connectivity index (χ1v) is 9.61. The van der Waals surface area contributed by atoms with Gasteiger partial charge in [-0.05, 0) is 31.2 Å². The van der Waals surface area contributed by atoms with Crippen molar-refractivity contribution in [3.63, 3.8) is 0 Å². The first kappa shape index (κ1) is 22.9. The van der Waals surface area contributed by atoms with E-state index in [1.54, 1.807) is 36.7 Å². The van der Waals surface area contributed by atoms with Gasteiger partial charge < -0.3 is 0 Å². The molecule has 3 nitrogen and oxygen atoms in total. The number of rotatable bonds is 4. The van der Waals surface area contributed by atoms with Crippen LogP contribution in [-0.2, 0) is 26.5 Å². The Labute approximate surface area is 194 Å². The molecule has 0 amide bonds. The van der Waals surface area contributed by atoms with E-state index in [9.17, 15) is 4.39 Å². The van der Waals surface area contributed by atoms with Crippen molar-refractivity contribution in [2.75, 3.05) is 0 Å². The van der Waals surface area contributed by atoms with E-state index in [1.807, 2.05) is 44.2 Å². The second-order valence-corrected chi connectivity index (χ2v) is 7.60. The second kappa shape index (κ2) is 9.15. The Morgan fingerprint density at radius 3 is 2.13 bits per heavy atom. The Hall–Kier alpha value is -2.78. The van der Waals surface area contributed by atoms with Crippen LogP contribution in [0, 0.1) is 24.6 Å². The minimum absolute atomic E-state index is 0. The zero-order valence-corrected chi connectivity index (χ0v) is 19.5. The van der Waals surface area contributed by atoms with Gasteiger partial charge in [-0.25, -0.2) is 8.78 Å². The van der Waals surface area contributed by atoms with Crippen molar-refractivity contribution in [2.45, 2.75) is 26.2 Å². The molecule has 6 heteroatoms. The van der Waals surface area contributed by atoms with Crippen LogP contribution < -0.4 is 0 Å². The summed E-state index contributed by atoms with van der Waals surface area (Å²) < 4.78 is 29.8. The van der Waals surface area contributed by atoms with Crippen molar-refractivity contribution >= 4 is 0 Å². The monoisotopic (exact) mass is 595 g/mol. The molecule has 0 unspecified atom stereocenters. The van der Waals surface area contributed by atoms with Crippen LogP contribution in [0.1, 0.15) is 30.7 Å². The molecule has 3 aromatic heterocycles. The summed E-state index contributed by atoms with van der Waals surface area (Å²) in [6.45, 7) is 5.47. The van der Waals surface area contributed by atoms with E-state index >= 15 is 4.39 Å². The molecule has 0 saturated carbocycles. The summed E-state index contributed by atoms with van der Waals surface area (Å²) in [5.74, 6) is -1.41. The quantitative estimate of drug-likeness (QED) is 0.275. The third-order valence-electron chi connectivity index (χ3n) is 5.23. The zero-order valence-electron chi connectivity index (χ0n) is 17.3. The molecule has 0 N–H and O–H groups in total. The molecule has 160 valence electrons. The van der Waals surface area contributed by atoms with Crippen molar-refractivity contribution in [1.29, 1.82) is 0 Å². The van der Waals surface area contributed by atoms with Crippen molar-refractivity contribution in [1.82, 2.24) is 15.0 Å². The average molecular weight is 596 g/mol. The van der Waals surface area contributed by atoms with Gasteiger partial charge in [-0.15, -0.1) is 35.4 Å². The van der Waals surface area contributed by atoms with Crippen molar-refractivity contribution < 1.29 is 29.8 Å². The third kappa shape index (κ3) is 4.33. The predicted octanol–water partition coefficient (Wildman–Crippen LogP) is 5.92. The van der Waals surface area contributed by atoms with Crippen LogP contribution in [0.2, 0.25) is 0 Å². The number of hydrogen-bond donors (Lipinski definition) is 0. The van der Waals surface area contributed by atoms with Gasteiger partial charge in [0.1, 0.15) is 11.5 Å². The fourth-order valence-corrected chi connectivity index (χ4v) is 3.35. The maximum absolute atomic E-state index is 15.0. The predicted molar refractivity (Wildman–Crippen MR) is 113 cm³/mol. The summed E-state index contributed by atoms with van der Waals surface area (Å²) in [5, 5.41) is 0. The zero-order chi connectivity index (χ0) is 21.3. The summed E-state index contributed by atoms with van der Waals surface area (Å²) in [6.07, 6.45) is 3.29. The van der Waals surface area contributed by atoms with Gasteiger partial charge in [-0.1, -0.05) is 26.0 Å². The summed E-state index contributed by atoms with van der Waals surface area (Å²) in [7, 11) is 0. The first-order chi connectivity index (χ1) is 14.4. The van der Waals surface area contributed by atoms with E-state index < -0.39 is 17.0 Å². The van der Waals surface area contributed by atoms with Crippen LogP contribution in [0.4, 0.5) is 8.78 Å². The Morgan fingerprint density at radius 2 is 1.48 bits per heavy atom. The summed E-state index contributed by atoms with van der Waals surface area (Å²) in [5.41, 5.74) is 2.03. The Balaban J connectivity index is 0.00000272. The van der Waals surface area contributed by atoms with Crippen LogP contribution in [0.15, 0.2) is 67.0 Å². The topological polar surface area (TPSA) is 38.7 Å². The molecule has 0 spiro atoms. The normalized spacial score (nSPS) is 11.1. The molecule has 0 fully saturated rings. The molecule has 31 heavy (non-hydrogen) atoms. The van der Waals surface area contributed by atoms with Crippen molar-refractivity contribution in [3.05, 3.63) is 102 Å². The molecule has 0 radical (unpaired) electrons. The SMILES string of the molecule is Cc1c(F)c(-c2[c-]c(C(C)(C)c3ccccn3)ccc2)nc(-c2ccccn2)c1F.[Pt]. The summed E-state index contributed by atoms with van der Waals surface area (Å²) in [4.78, 5) is 12.9. The molecule has 3 heterocycles. The van der Waals surface area contributed by atoms with Crippen LogP contribution in [0.3, 0.4) is 0 Å². The maximum Gasteiger partial charge on any atom is 0.155 e. The van der Waals surface area contributed by atoms with Gasteiger partial charge in [0.2, 0.25) is 0 Å². The molecule has 0 aliphatic rings. The maximum atomic E-state index is 15.0. The van der Waals surface area contributed by atoms with E-state index in [4.69, 9.17) is 0 Å². The Bertz CT molecular complexity index is 1200. The first-order valence-electron chi connectivity index (χ1n) is 9.61. The summed E-state index contributed by atoms with van der Waals surface area (Å²) >= 11 is 0. The van der Waals surface area contributed by atoms with Crippen LogP contribution in [0.5, 0.6) is 0 Å². The van der Waals surface area contributed by atoms with Crippen LogP contribution in [-0.4, -0.2) is 15.0 Å². The molecule has 0 aliphatic heterocycles. The van der Waals surface area contributed by atoms with Gasteiger partial charge in [0.15, 0.2) is 5.82 Å². The van der Waals surface area contributed by atoms with E-state index in [0.29, 0.717) is 11.3 Å². The van der Waals surface area contributed by atoms with Gasteiger partial charge in [0.05, 0.1) is 5.69 Å². The molecule has 0 bridgehead atoms. The number of hydrogen-bond acceptors (Lipinski definition) is 3. The van der Waals surface area contributed by atoms with E-state index in [1.165, 1.54) is 6.92 Å². The van der Waals surface area contributed by atoms with Gasteiger partial charge >= 0.3 is 0 Å². The van der Waals surface area contributed by atoms with Gasteiger partial charge in [0.25, 0.3) is 0 Å². The Kier molecular flexibility index (Phi) is 6.76. The molecule has 0 saturated heterocycles. The minimum Gasteiger partial charge on any atom is -0.289 e. The van der Waals surface area contributed by atoms with Crippen molar-refractivity contribution in [3.8, 4) is 22.6 Å².